The second-order valence-electron chi connectivity index (χ2n) is 5.09. The van der Waals surface area contributed by atoms with Crippen molar-refractivity contribution in [3.05, 3.63) is 35.0 Å². The van der Waals surface area contributed by atoms with Crippen LogP contribution in [0.25, 0.3) is 10.9 Å². The van der Waals surface area contributed by atoms with Crippen molar-refractivity contribution in [2.45, 2.75) is 54.4 Å². The number of hydrogen-bond acceptors (Lipinski definition) is 1. The van der Waals surface area contributed by atoms with Crippen LogP contribution in [0, 0.1) is 6.92 Å². The number of fused-ring (bicyclic) bond motifs is 2. The lowest BCUT2D eigenvalue weighted by Crippen LogP contribution is -2.25. The number of aromatic nitrogens is 1. The molecule has 2 nitrogen and oxygen atoms in total. The molecule has 0 unspecified atom stereocenters. The fourth-order valence-corrected chi connectivity index (χ4v) is 2.87. The summed E-state index contributed by atoms with van der Waals surface area (Å²) in [7, 11) is 0. The monoisotopic (exact) mass is 288 g/mol. The number of likely N-dealkylation sites (N-methyl/N-ethyl adjacent to an activating group) is 1. The van der Waals surface area contributed by atoms with Gasteiger partial charge in [0, 0.05) is 24.3 Å². The highest BCUT2D eigenvalue weighted by Gasteiger charge is 2.13. The van der Waals surface area contributed by atoms with Crippen LogP contribution in [0.2, 0.25) is 0 Å². The molecule has 2 heteroatoms. The van der Waals surface area contributed by atoms with Gasteiger partial charge in [-0.05, 0) is 61.0 Å². The van der Waals surface area contributed by atoms with E-state index in [4.69, 9.17) is 0 Å². The summed E-state index contributed by atoms with van der Waals surface area (Å²) in [4.78, 5) is 5.98. The predicted molar refractivity (Wildman–Crippen MR) is 95.3 cm³/mol. The van der Waals surface area contributed by atoms with Crippen LogP contribution < -0.4 is 0 Å². The van der Waals surface area contributed by atoms with E-state index in [1.165, 1.54) is 54.6 Å². The Morgan fingerprint density at radius 1 is 0.952 bits per heavy atom. The lowest BCUT2D eigenvalue weighted by atomic mass is 10.0. The first-order valence-electron chi connectivity index (χ1n) is 8.59. The van der Waals surface area contributed by atoms with E-state index in [9.17, 15) is 0 Å². The second kappa shape index (κ2) is 8.89. The van der Waals surface area contributed by atoms with E-state index in [2.05, 4.69) is 41.9 Å². The first-order valence-corrected chi connectivity index (χ1v) is 8.59. The third kappa shape index (κ3) is 4.34. The first kappa shape index (κ1) is 17.8. The Morgan fingerprint density at radius 3 is 2.10 bits per heavy atom. The van der Waals surface area contributed by atoms with Crippen molar-refractivity contribution in [2.75, 3.05) is 19.6 Å². The summed E-state index contributed by atoms with van der Waals surface area (Å²) in [5.41, 5.74) is 5.64. The van der Waals surface area contributed by atoms with Crippen LogP contribution in [0.1, 0.15) is 51.4 Å². The van der Waals surface area contributed by atoms with Crippen LogP contribution >= 0.6 is 0 Å². The molecular weight excluding hydrogens is 256 g/mol. The summed E-state index contributed by atoms with van der Waals surface area (Å²) in [6.45, 7) is 16.0. The zero-order valence-corrected chi connectivity index (χ0v) is 14.7. The zero-order chi connectivity index (χ0) is 15.8. The Balaban J connectivity index is 0.000000510. The second-order valence-corrected chi connectivity index (χ2v) is 5.09. The third-order valence-electron chi connectivity index (χ3n) is 3.92. The highest BCUT2D eigenvalue weighted by molar-refractivity contribution is 5.82. The van der Waals surface area contributed by atoms with Gasteiger partial charge >= 0.3 is 0 Å². The molecule has 2 aromatic rings. The van der Waals surface area contributed by atoms with Crippen molar-refractivity contribution in [2.24, 2.45) is 0 Å². The van der Waals surface area contributed by atoms with Crippen molar-refractivity contribution in [1.82, 2.24) is 9.88 Å². The number of aryl methyl sites for hydroxylation is 1. The minimum Gasteiger partial charge on any atom is -0.359 e. The molecule has 2 heterocycles. The Bertz CT molecular complexity index is 495. The Labute approximate surface area is 130 Å². The van der Waals surface area contributed by atoms with Crippen LogP contribution in [-0.2, 0) is 12.8 Å². The molecule has 1 N–H and O–H groups in total. The molecule has 1 aromatic carbocycles. The van der Waals surface area contributed by atoms with E-state index in [1.807, 2.05) is 27.7 Å². The van der Waals surface area contributed by atoms with Gasteiger partial charge in [0.2, 0.25) is 0 Å². The predicted octanol–water partition coefficient (Wildman–Crippen LogP) is 4.95. The van der Waals surface area contributed by atoms with E-state index in [-0.39, 0.29) is 0 Å². The molecule has 0 aliphatic carbocycles. The molecular formula is C19H32N2. The normalized spacial score (nSPS) is 14.4. The minimum absolute atomic E-state index is 1.17. The smallest absolute Gasteiger partial charge is 0.0458 e. The van der Waals surface area contributed by atoms with Gasteiger partial charge in [-0.25, -0.2) is 0 Å². The molecule has 0 atom stereocenters. The Morgan fingerprint density at radius 2 is 1.52 bits per heavy atom. The average Bonchev–Trinajstić information content (AvgIpc) is 2.77. The number of benzene rings is 1. The highest BCUT2D eigenvalue weighted by Crippen LogP contribution is 2.23. The maximum absolute atomic E-state index is 3.44. The molecule has 0 saturated heterocycles. The average molecular weight is 288 g/mol. The van der Waals surface area contributed by atoms with Crippen LogP contribution in [0.5, 0.6) is 0 Å². The Kier molecular flexibility index (Phi) is 7.52. The molecule has 0 saturated carbocycles. The molecule has 0 amide bonds. The van der Waals surface area contributed by atoms with E-state index in [0.29, 0.717) is 0 Å². The van der Waals surface area contributed by atoms with Crippen molar-refractivity contribution in [1.29, 1.82) is 0 Å². The van der Waals surface area contributed by atoms with Gasteiger partial charge in [0.05, 0.1) is 0 Å². The first-order chi connectivity index (χ1) is 10.3. The van der Waals surface area contributed by atoms with Gasteiger partial charge in [0.1, 0.15) is 0 Å². The van der Waals surface area contributed by atoms with Crippen molar-refractivity contribution in [3.8, 4) is 0 Å². The molecule has 0 bridgehead atoms. The molecule has 1 aromatic heterocycles. The van der Waals surface area contributed by atoms with Gasteiger partial charge in [-0.3, -0.25) is 0 Å². The fraction of sp³-hybridized carbons (Fsp3) is 0.579. The molecule has 1 aliphatic heterocycles. The van der Waals surface area contributed by atoms with Crippen LogP contribution in [0.4, 0.5) is 0 Å². The molecule has 3 rings (SSSR count). The van der Waals surface area contributed by atoms with E-state index in [1.54, 1.807) is 5.56 Å². The number of hydrogen-bond donors (Lipinski definition) is 1. The summed E-state index contributed by atoms with van der Waals surface area (Å²) < 4.78 is 0. The summed E-state index contributed by atoms with van der Waals surface area (Å²) >= 11 is 0. The molecule has 0 spiro atoms. The fourth-order valence-electron chi connectivity index (χ4n) is 2.87. The van der Waals surface area contributed by atoms with Crippen LogP contribution in [-0.4, -0.2) is 29.5 Å². The van der Waals surface area contributed by atoms with Gasteiger partial charge in [0.25, 0.3) is 0 Å². The third-order valence-corrected chi connectivity index (χ3v) is 3.92. The lowest BCUT2D eigenvalue weighted by Gasteiger charge is -2.16. The maximum Gasteiger partial charge on any atom is 0.0458 e. The van der Waals surface area contributed by atoms with Gasteiger partial charge in [-0.15, -0.1) is 0 Å². The van der Waals surface area contributed by atoms with Crippen LogP contribution in [0.15, 0.2) is 18.2 Å². The van der Waals surface area contributed by atoms with Crippen molar-refractivity contribution >= 4 is 10.9 Å². The quantitative estimate of drug-likeness (QED) is 0.786. The standard InChI is InChI=1S/C15H20N2.2C2H6/c1-3-17-6-4-12-9-14-8-11(2)16-15(14)10-13(12)5-7-17;2*1-2/h8-10,16H,3-7H2,1-2H3;2*1-2H3. The van der Waals surface area contributed by atoms with Gasteiger partial charge in [-0.2, -0.15) is 0 Å². The zero-order valence-electron chi connectivity index (χ0n) is 14.7. The molecule has 1 aliphatic rings. The minimum atomic E-state index is 1.17. The highest BCUT2D eigenvalue weighted by atomic mass is 15.1. The molecule has 0 fully saturated rings. The molecule has 118 valence electrons. The number of aromatic amines is 1. The summed E-state index contributed by atoms with van der Waals surface area (Å²) in [5, 5.41) is 1.37. The molecule has 0 radical (unpaired) electrons. The van der Waals surface area contributed by atoms with Crippen LogP contribution in [0.3, 0.4) is 0 Å². The number of H-pyrrole nitrogens is 1. The maximum atomic E-state index is 3.44. The molecule has 21 heavy (non-hydrogen) atoms. The van der Waals surface area contributed by atoms with E-state index < -0.39 is 0 Å². The van der Waals surface area contributed by atoms with Crippen molar-refractivity contribution in [3.63, 3.8) is 0 Å². The summed E-state index contributed by atoms with van der Waals surface area (Å²) in [6.07, 6.45) is 2.39. The van der Waals surface area contributed by atoms with Crippen molar-refractivity contribution < 1.29 is 0 Å². The van der Waals surface area contributed by atoms with Gasteiger partial charge < -0.3 is 9.88 Å². The van der Waals surface area contributed by atoms with E-state index in [0.717, 1.165) is 0 Å². The van der Waals surface area contributed by atoms with E-state index >= 15 is 0 Å². The summed E-state index contributed by atoms with van der Waals surface area (Å²) in [5.74, 6) is 0. The lowest BCUT2D eigenvalue weighted by molar-refractivity contribution is 0.303. The SMILES string of the molecule is CC.CC.CCN1CCc2cc3cc(C)[nH]c3cc2CC1. The largest absolute Gasteiger partial charge is 0.359 e. The Hall–Kier alpha value is -1.28. The summed E-state index contributed by atoms with van der Waals surface area (Å²) in [6, 6.07) is 6.99. The van der Waals surface area contributed by atoms with Gasteiger partial charge in [0.15, 0.2) is 0 Å². The van der Waals surface area contributed by atoms with Gasteiger partial charge in [-0.1, -0.05) is 34.6 Å². The number of rotatable bonds is 1. The number of nitrogens with one attached hydrogen (secondary N) is 1. The number of nitrogens with zero attached hydrogens (tertiary/aromatic N) is 1. The topological polar surface area (TPSA) is 19.0 Å².